The molecule has 0 aliphatic rings. The minimum Gasteiger partial charge on any atom is -0.369 e. The van der Waals surface area contributed by atoms with E-state index in [9.17, 15) is 13.6 Å². The lowest BCUT2D eigenvalue weighted by Crippen LogP contribution is -2.34. The van der Waals surface area contributed by atoms with Gasteiger partial charge < -0.3 is 11.5 Å². The summed E-state index contributed by atoms with van der Waals surface area (Å²) in [5.41, 5.74) is 10.2. The third-order valence-corrected chi connectivity index (χ3v) is 3.44. The molecule has 0 aliphatic carbocycles. The van der Waals surface area contributed by atoms with Crippen molar-refractivity contribution in [1.29, 1.82) is 0 Å². The molecule has 0 saturated heterocycles. The van der Waals surface area contributed by atoms with Crippen LogP contribution in [0, 0.1) is 17.0 Å². The Morgan fingerprint density at radius 1 is 1.39 bits per heavy atom. The first-order chi connectivity index (χ1) is 8.15. The van der Waals surface area contributed by atoms with Crippen LogP contribution in [0.25, 0.3) is 0 Å². The molecule has 0 aromatic heterocycles. The summed E-state index contributed by atoms with van der Waals surface area (Å²) in [5, 5.41) is 0. The number of halogens is 3. The van der Waals surface area contributed by atoms with Gasteiger partial charge in [-0.2, -0.15) is 0 Å². The van der Waals surface area contributed by atoms with Crippen molar-refractivity contribution in [2.75, 3.05) is 0 Å². The Morgan fingerprint density at radius 2 is 1.94 bits per heavy atom. The van der Waals surface area contributed by atoms with E-state index in [0.717, 1.165) is 12.1 Å². The normalized spacial score (nSPS) is 13.4. The second kappa shape index (κ2) is 5.32. The highest BCUT2D eigenvalue weighted by Crippen LogP contribution is 2.31. The molecular weight excluding hydrogens is 306 g/mol. The van der Waals surface area contributed by atoms with E-state index in [1.807, 2.05) is 0 Å². The lowest BCUT2D eigenvalue weighted by molar-refractivity contribution is -0.126. The zero-order valence-electron chi connectivity index (χ0n) is 10.1. The summed E-state index contributed by atoms with van der Waals surface area (Å²) in [6.45, 7) is 3.23. The van der Waals surface area contributed by atoms with Gasteiger partial charge in [0.25, 0.3) is 0 Å². The maximum absolute atomic E-state index is 13.7. The molecule has 1 atom stereocenters. The van der Waals surface area contributed by atoms with E-state index in [1.165, 1.54) is 0 Å². The van der Waals surface area contributed by atoms with Gasteiger partial charge in [-0.1, -0.05) is 13.8 Å². The number of rotatable bonds is 4. The van der Waals surface area contributed by atoms with E-state index < -0.39 is 29.0 Å². The molecule has 1 aromatic carbocycles. The number of hydrogen-bond acceptors (Lipinski definition) is 2. The van der Waals surface area contributed by atoms with Crippen LogP contribution in [0.5, 0.6) is 0 Å². The van der Waals surface area contributed by atoms with Gasteiger partial charge in [0.15, 0.2) is 0 Å². The van der Waals surface area contributed by atoms with Crippen molar-refractivity contribution in [1.82, 2.24) is 0 Å². The van der Waals surface area contributed by atoms with E-state index >= 15 is 0 Å². The maximum Gasteiger partial charge on any atom is 0.223 e. The fraction of sp³-hybridized carbons (Fsp3) is 0.417. The lowest BCUT2D eigenvalue weighted by Gasteiger charge is -2.25. The molecule has 1 unspecified atom stereocenters. The second-order valence-corrected chi connectivity index (χ2v) is 5.70. The molecule has 6 heteroatoms. The van der Waals surface area contributed by atoms with Gasteiger partial charge in [-0.3, -0.25) is 4.79 Å². The van der Waals surface area contributed by atoms with Crippen LogP contribution in [0.1, 0.15) is 31.9 Å². The largest absolute Gasteiger partial charge is 0.369 e. The summed E-state index contributed by atoms with van der Waals surface area (Å²) in [6.07, 6.45) is 0.139. The molecular formula is C12H15BrF2N2O. The van der Waals surface area contributed by atoms with Gasteiger partial charge in [-0.15, -0.1) is 0 Å². The van der Waals surface area contributed by atoms with Gasteiger partial charge in [0.05, 0.1) is 4.47 Å². The Hall–Kier alpha value is -1.01. The minimum atomic E-state index is -0.880. The third-order valence-electron chi connectivity index (χ3n) is 2.84. The average Bonchev–Trinajstić information content (AvgIpc) is 2.22. The van der Waals surface area contributed by atoms with Crippen LogP contribution in [0.15, 0.2) is 16.6 Å². The highest BCUT2D eigenvalue weighted by molar-refractivity contribution is 9.10. The Balaban J connectivity index is 3.01. The topological polar surface area (TPSA) is 69.1 Å². The van der Waals surface area contributed by atoms with Crippen molar-refractivity contribution < 1.29 is 13.6 Å². The quantitative estimate of drug-likeness (QED) is 0.837. The molecule has 0 heterocycles. The first-order valence-electron chi connectivity index (χ1n) is 5.35. The molecule has 0 fully saturated rings. The zero-order chi connectivity index (χ0) is 14.1. The van der Waals surface area contributed by atoms with Gasteiger partial charge in [0.1, 0.15) is 11.6 Å². The van der Waals surface area contributed by atoms with Crippen molar-refractivity contribution in [3.05, 3.63) is 33.8 Å². The zero-order valence-corrected chi connectivity index (χ0v) is 11.7. The fourth-order valence-electron chi connectivity index (χ4n) is 1.58. The molecule has 0 radical (unpaired) electrons. The number of nitrogens with two attached hydrogens (primary N) is 2. The van der Waals surface area contributed by atoms with Crippen LogP contribution in [0.3, 0.4) is 0 Å². The Morgan fingerprint density at radius 3 is 2.44 bits per heavy atom. The molecule has 1 aromatic rings. The summed E-state index contributed by atoms with van der Waals surface area (Å²) >= 11 is 2.88. The van der Waals surface area contributed by atoms with E-state index in [-0.39, 0.29) is 16.5 Å². The summed E-state index contributed by atoms with van der Waals surface area (Å²) in [5.74, 6) is -1.74. The molecule has 100 valence electrons. The highest BCUT2D eigenvalue weighted by Gasteiger charge is 2.29. The SMILES string of the molecule is CC(C)(CC(N)c1cc(F)c(Br)cc1F)C(N)=O. The highest BCUT2D eigenvalue weighted by atomic mass is 79.9. The van der Waals surface area contributed by atoms with E-state index in [4.69, 9.17) is 11.5 Å². The molecule has 0 bridgehead atoms. The standard InChI is InChI=1S/C12H15BrF2N2O/c1-12(2,11(17)18)5-10(16)6-3-9(15)7(13)4-8(6)14/h3-4,10H,5,16H2,1-2H3,(H2,17,18). The van der Waals surface area contributed by atoms with Gasteiger partial charge in [0, 0.05) is 17.0 Å². The van der Waals surface area contributed by atoms with E-state index in [0.29, 0.717) is 0 Å². The van der Waals surface area contributed by atoms with Crippen LogP contribution >= 0.6 is 15.9 Å². The maximum atomic E-state index is 13.7. The van der Waals surface area contributed by atoms with Crippen LogP contribution < -0.4 is 11.5 Å². The third kappa shape index (κ3) is 3.26. The monoisotopic (exact) mass is 320 g/mol. The molecule has 0 saturated carbocycles. The molecule has 18 heavy (non-hydrogen) atoms. The van der Waals surface area contributed by atoms with Gasteiger partial charge in [-0.25, -0.2) is 8.78 Å². The number of primary amides is 1. The molecule has 1 rings (SSSR count). The molecule has 1 amide bonds. The summed E-state index contributed by atoms with van der Waals surface area (Å²) < 4.78 is 27.0. The lowest BCUT2D eigenvalue weighted by atomic mass is 9.83. The Bertz CT molecular complexity index is 477. The Kier molecular flexibility index (Phi) is 4.45. The predicted octanol–water partition coefficient (Wildman–Crippen LogP) is 2.63. The van der Waals surface area contributed by atoms with E-state index in [2.05, 4.69) is 15.9 Å². The van der Waals surface area contributed by atoms with Crippen molar-refractivity contribution in [3.8, 4) is 0 Å². The first kappa shape index (κ1) is 15.0. The number of benzene rings is 1. The average molecular weight is 321 g/mol. The van der Waals surface area contributed by atoms with Crippen molar-refractivity contribution >= 4 is 21.8 Å². The number of carbonyl (C=O) groups is 1. The van der Waals surface area contributed by atoms with E-state index in [1.54, 1.807) is 13.8 Å². The fourth-order valence-corrected chi connectivity index (χ4v) is 1.90. The van der Waals surface area contributed by atoms with Crippen molar-refractivity contribution in [2.45, 2.75) is 26.3 Å². The second-order valence-electron chi connectivity index (χ2n) is 4.85. The smallest absolute Gasteiger partial charge is 0.223 e. The van der Waals surface area contributed by atoms with Gasteiger partial charge in [-0.05, 0) is 34.5 Å². The summed E-state index contributed by atoms with van der Waals surface area (Å²) in [6, 6.07) is 1.25. The summed E-state index contributed by atoms with van der Waals surface area (Å²) in [7, 11) is 0. The van der Waals surface area contributed by atoms with Crippen LogP contribution in [-0.2, 0) is 4.79 Å². The number of amides is 1. The predicted molar refractivity (Wildman–Crippen MR) is 68.6 cm³/mol. The number of carbonyl (C=O) groups excluding carboxylic acids is 1. The van der Waals surface area contributed by atoms with Crippen LogP contribution in [0.4, 0.5) is 8.78 Å². The Labute approximate surface area is 113 Å². The van der Waals surface area contributed by atoms with Crippen LogP contribution in [-0.4, -0.2) is 5.91 Å². The number of hydrogen-bond donors (Lipinski definition) is 2. The minimum absolute atomic E-state index is 0.0324. The molecule has 4 N–H and O–H groups in total. The van der Waals surface area contributed by atoms with Crippen molar-refractivity contribution in [2.24, 2.45) is 16.9 Å². The first-order valence-corrected chi connectivity index (χ1v) is 6.14. The van der Waals surface area contributed by atoms with Crippen LogP contribution in [0.2, 0.25) is 0 Å². The van der Waals surface area contributed by atoms with Gasteiger partial charge >= 0.3 is 0 Å². The van der Waals surface area contributed by atoms with Crippen molar-refractivity contribution in [3.63, 3.8) is 0 Å². The molecule has 0 spiro atoms. The molecule has 0 aliphatic heterocycles. The summed E-state index contributed by atoms with van der Waals surface area (Å²) in [4.78, 5) is 11.2. The molecule has 3 nitrogen and oxygen atoms in total. The van der Waals surface area contributed by atoms with Gasteiger partial charge in [0.2, 0.25) is 5.91 Å².